The van der Waals surface area contributed by atoms with E-state index in [2.05, 4.69) is 29.9 Å². The zero-order valence-electron chi connectivity index (χ0n) is 21.8. The SMILES string of the molecule is CN(C)CC(=O)N1CCC(c2ccc(CC(=O)c3ncc(C#N)[nH]3)c(C3=CCC(C)(C)CC3)n2)CC1. The summed E-state index contributed by atoms with van der Waals surface area (Å²) in [5.41, 5.74) is 4.59. The number of rotatable bonds is 7. The van der Waals surface area contributed by atoms with Gasteiger partial charge in [-0.1, -0.05) is 26.0 Å². The lowest BCUT2D eigenvalue weighted by Crippen LogP contribution is -2.42. The number of nitrogens with one attached hydrogen (secondary N) is 1. The second kappa shape index (κ2) is 10.8. The fraction of sp³-hybridized carbons (Fsp3) is 0.536. The molecule has 0 aromatic carbocycles. The third kappa shape index (κ3) is 6.08. The Bertz CT molecular complexity index is 1190. The van der Waals surface area contributed by atoms with Gasteiger partial charge in [0.15, 0.2) is 5.82 Å². The van der Waals surface area contributed by atoms with Crippen LogP contribution in [0.5, 0.6) is 0 Å². The van der Waals surface area contributed by atoms with E-state index in [1.54, 1.807) is 0 Å². The molecule has 3 heterocycles. The van der Waals surface area contributed by atoms with Crippen LogP contribution in [0.3, 0.4) is 0 Å². The zero-order chi connectivity index (χ0) is 25.9. The van der Waals surface area contributed by atoms with E-state index in [4.69, 9.17) is 10.2 Å². The predicted octanol–water partition coefficient (Wildman–Crippen LogP) is 3.96. The molecular formula is C28H36N6O2. The predicted molar refractivity (Wildman–Crippen MR) is 138 cm³/mol. The summed E-state index contributed by atoms with van der Waals surface area (Å²) in [5, 5.41) is 9.04. The summed E-state index contributed by atoms with van der Waals surface area (Å²) in [6.07, 6.45) is 8.62. The van der Waals surface area contributed by atoms with Gasteiger partial charge in [-0.25, -0.2) is 4.98 Å². The summed E-state index contributed by atoms with van der Waals surface area (Å²) in [6.45, 7) is 6.48. The molecule has 1 N–H and O–H groups in total. The van der Waals surface area contributed by atoms with E-state index < -0.39 is 0 Å². The van der Waals surface area contributed by atoms with Crippen LogP contribution in [0.2, 0.25) is 0 Å². The molecule has 8 nitrogen and oxygen atoms in total. The number of carbonyl (C=O) groups is 2. The van der Waals surface area contributed by atoms with Crippen LogP contribution in [-0.4, -0.2) is 70.2 Å². The molecule has 0 radical (unpaired) electrons. The first-order valence-corrected chi connectivity index (χ1v) is 12.8. The van der Waals surface area contributed by atoms with E-state index in [-0.39, 0.29) is 35.0 Å². The molecule has 0 atom stereocenters. The second-order valence-corrected chi connectivity index (χ2v) is 11.1. The number of likely N-dealkylation sites (tertiary alicyclic amines) is 1. The number of allylic oxidation sites excluding steroid dienone is 2. The van der Waals surface area contributed by atoms with E-state index in [0.717, 1.165) is 62.1 Å². The lowest BCUT2D eigenvalue weighted by atomic mass is 9.77. The molecule has 1 fully saturated rings. The summed E-state index contributed by atoms with van der Waals surface area (Å²) in [6, 6.07) is 6.06. The molecule has 2 aromatic rings. The molecule has 0 bridgehead atoms. The Morgan fingerprint density at radius 1 is 1.25 bits per heavy atom. The van der Waals surface area contributed by atoms with E-state index in [9.17, 15) is 9.59 Å². The number of hydrogen-bond donors (Lipinski definition) is 1. The van der Waals surface area contributed by atoms with Gasteiger partial charge in [0.2, 0.25) is 11.7 Å². The zero-order valence-corrected chi connectivity index (χ0v) is 21.8. The Balaban J connectivity index is 1.56. The number of nitrogens with zero attached hydrogens (tertiary/aromatic N) is 5. The van der Waals surface area contributed by atoms with Crippen LogP contribution < -0.4 is 0 Å². The highest BCUT2D eigenvalue weighted by Gasteiger charge is 2.28. The molecule has 8 heteroatoms. The minimum atomic E-state index is -0.156. The molecule has 0 spiro atoms. The van der Waals surface area contributed by atoms with Gasteiger partial charge in [-0.05, 0) is 68.8 Å². The van der Waals surface area contributed by atoms with E-state index in [1.807, 2.05) is 42.1 Å². The molecular weight excluding hydrogens is 452 g/mol. The molecule has 0 saturated carbocycles. The monoisotopic (exact) mass is 488 g/mol. The number of nitriles is 1. The molecule has 1 aliphatic heterocycles. The summed E-state index contributed by atoms with van der Waals surface area (Å²) in [5.74, 6) is 0.515. The maximum atomic E-state index is 13.0. The maximum absolute atomic E-state index is 13.0. The van der Waals surface area contributed by atoms with Crippen LogP contribution in [0.15, 0.2) is 24.4 Å². The van der Waals surface area contributed by atoms with Crippen molar-refractivity contribution in [2.75, 3.05) is 33.7 Å². The number of ketones is 1. The number of likely N-dealkylation sites (N-methyl/N-ethyl adjacent to an activating group) is 1. The highest BCUT2D eigenvalue weighted by Crippen LogP contribution is 2.39. The van der Waals surface area contributed by atoms with Crippen molar-refractivity contribution in [1.29, 1.82) is 5.26 Å². The fourth-order valence-electron chi connectivity index (χ4n) is 5.01. The normalized spacial score (nSPS) is 18.1. The lowest BCUT2D eigenvalue weighted by molar-refractivity contribution is -0.132. The number of imidazole rings is 1. The van der Waals surface area contributed by atoms with Crippen LogP contribution >= 0.6 is 0 Å². The molecule has 2 aromatic heterocycles. The topological polar surface area (TPSA) is 106 Å². The van der Waals surface area contributed by atoms with Gasteiger partial charge in [-0.3, -0.25) is 14.6 Å². The largest absolute Gasteiger partial charge is 0.342 e. The van der Waals surface area contributed by atoms with Crippen molar-refractivity contribution < 1.29 is 9.59 Å². The first-order valence-electron chi connectivity index (χ1n) is 12.8. The number of aromatic amines is 1. The van der Waals surface area contributed by atoms with Crippen molar-refractivity contribution in [2.45, 2.75) is 58.3 Å². The van der Waals surface area contributed by atoms with Gasteiger partial charge in [0, 0.05) is 31.1 Å². The lowest BCUT2D eigenvalue weighted by Gasteiger charge is -2.33. The van der Waals surface area contributed by atoms with Crippen LogP contribution in [0, 0.1) is 16.7 Å². The van der Waals surface area contributed by atoms with Crippen molar-refractivity contribution in [3.63, 3.8) is 0 Å². The van der Waals surface area contributed by atoms with Gasteiger partial charge in [0.25, 0.3) is 0 Å². The molecule has 0 unspecified atom stereocenters. The Hall–Kier alpha value is -3.31. The molecule has 1 aliphatic carbocycles. The van der Waals surface area contributed by atoms with Crippen molar-refractivity contribution in [3.8, 4) is 6.07 Å². The van der Waals surface area contributed by atoms with Crippen molar-refractivity contribution >= 4 is 17.3 Å². The highest BCUT2D eigenvalue weighted by atomic mass is 16.2. The van der Waals surface area contributed by atoms with Crippen LogP contribution in [0.1, 0.15) is 85.1 Å². The van der Waals surface area contributed by atoms with Crippen molar-refractivity contribution in [2.24, 2.45) is 5.41 Å². The first-order chi connectivity index (χ1) is 17.1. The molecule has 190 valence electrons. The minimum Gasteiger partial charge on any atom is -0.342 e. The fourth-order valence-corrected chi connectivity index (χ4v) is 5.01. The molecule has 1 amide bonds. The number of piperidine rings is 1. The van der Waals surface area contributed by atoms with Gasteiger partial charge < -0.3 is 14.8 Å². The van der Waals surface area contributed by atoms with Gasteiger partial charge in [-0.2, -0.15) is 5.26 Å². The number of Topliss-reactive ketones (excluding diaryl/α,β-unsaturated/α-hetero) is 1. The number of aromatic nitrogens is 3. The van der Waals surface area contributed by atoms with E-state index in [0.29, 0.717) is 12.5 Å². The van der Waals surface area contributed by atoms with Gasteiger partial charge in [-0.15, -0.1) is 0 Å². The van der Waals surface area contributed by atoms with Gasteiger partial charge in [0.1, 0.15) is 11.8 Å². The maximum Gasteiger partial charge on any atom is 0.236 e. The van der Waals surface area contributed by atoms with E-state index in [1.165, 1.54) is 11.8 Å². The Kier molecular flexibility index (Phi) is 7.70. The third-order valence-corrected chi connectivity index (χ3v) is 7.31. The molecule has 2 aliphatic rings. The third-order valence-electron chi connectivity index (χ3n) is 7.31. The summed E-state index contributed by atoms with van der Waals surface area (Å²) in [7, 11) is 3.83. The number of H-pyrrole nitrogens is 1. The molecule has 4 rings (SSSR count). The van der Waals surface area contributed by atoms with Gasteiger partial charge >= 0.3 is 0 Å². The van der Waals surface area contributed by atoms with Crippen LogP contribution in [-0.2, 0) is 11.2 Å². The Morgan fingerprint density at radius 2 is 2.00 bits per heavy atom. The number of amides is 1. The Labute approximate surface area is 213 Å². The Morgan fingerprint density at radius 3 is 2.61 bits per heavy atom. The average molecular weight is 489 g/mol. The standard InChI is InChI=1S/C28H36N6O2/c1-28(2)11-7-20(8-12-28)26-21(15-24(35)27-30-17-22(16-29)31-27)5-6-23(32-26)19-9-13-34(14-10-19)25(36)18-33(3)4/h5-7,17,19H,8-15,18H2,1-4H3,(H,30,31). The number of carbonyl (C=O) groups excluding carboxylic acids is 2. The first kappa shape index (κ1) is 25.8. The summed E-state index contributed by atoms with van der Waals surface area (Å²) < 4.78 is 0. The summed E-state index contributed by atoms with van der Waals surface area (Å²) >= 11 is 0. The highest BCUT2D eigenvalue weighted by molar-refractivity contribution is 5.95. The quantitative estimate of drug-likeness (QED) is 0.591. The average Bonchev–Trinajstić information content (AvgIpc) is 3.34. The smallest absolute Gasteiger partial charge is 0.236 e. The van der Waals surface area contributed by atoms with Crippen LogP contribution in [0.25, 0.3) is 5.57 Å². The van der Waals surface area contributed by atoms with Crippen molar-refractivity contribution in [1.82, 2.24) is 24.8 Å². The molecule has 36 heavy (non-hydrogen) atoms. The molecule has 1 saturated heterocycles. The second-order valence-electron chi connectivity index (χ2n) is 11.1. The minimum absolute atomic E-state index is 0.156. The van der Waals surface area contributed by atoms with E-state index >= 15 is 0 Å². The van der Waals surface area contributed by atoms with Crippen molar-refractivity contribution in [3.05, 3.63) is 52.9 Å². The number of hydrogen-bond acceptors (Lipinski definition) is 6. The number of pyridine rings is 1. The van der Waals surface area contributed by atoms with Crippen LogP contribution in [0.4, 0.5) is 0 Å². The summed E-state index contributed by atoms with van der Waals surface area (Å²) in [4.78, 5) is 41.3. The van der Waals surface area contributed by atoms with Gasteiger partial charge in [0.05, 0.1) is 18.4 Å².